The molecule has 1 fully saturated rings. The minimum Gasteiger partial charge on any atom is -0.490 e. The van der Waals surface area contributed by atoms with Gasteiger partial charge in [-0.05, 0) is 31.6 Å². The molecule has 1 N–H and O–H groups in total. The molecule has 0 unspecified atom stereocenters. The zero-order valence-corrected chi connectivity index (χ0v) is 11.3. The Kier molecular flexibility index (Phi) is 4.23. The molecule has 0 atom stereocenters. The highest BCUT2D eigenvalue weighted by atomic mass is 16.5. The minimum atomic E-state index is 0.471. The van der Waals surface area contributed by atoms with E-state index < -0.39 is 0 Å². The number of anilines is 1. The number of nitrogens with zero attached hydrogens (tertiary/aromatic N) is 2. The second-order valence-corrected chi connectivity index (χ2v) is 4.87. The third-order valence-corrected chi connectivity index (χ3v) is 3.48. The molecule has 5 nitrogen and oxygen atoms in total. The summed E-state index contributed by atoms with van der Waals surface area (Å²) in [5.41, 5.74) is 0. The van der Waals surface area contributed by atoms with Gasteiger partial charge in [0, 0.05) is 6.04 Å². The summed E-state index contributed by atoms with van der Waals surface area (Å²) in [7, 11) is 3.16. The first-order valence-corrected chi connectivity index (χ1v) is 6.44. The predicted octanol–water partition coefficient (Wildman–Crippen LogP) is 2.48. The van der Waals surface area contributed by atoms with Crippen LogP contribution >= 0.6 is 0 Å². The Labute approximate surface area is 108 Å². The molecule has 1 saturated carbocycles. The Balaban J connectivity index is 2.01. The standard InChI is InChI=1S/C13H21N3O2/c1-9-4-6-10(7-5-9)15-13-14-8-11(17-2)12(16-13)18-3/h8-10H,4-7H2,1-3H3,(H,14,15,16). The highest BCUT2D eigenvalue weighted by Crippen LogP contribution is 2.27. The second-order valence-electron chi connectivity index (χ2n) is 4.87. The van der Waals surface area contributed by atoms with Crippen molar-refractivity contribution in [2.45, 2.75) is 38.6 Å². The molecule has 1 heterocycles. The van der Waals surface area contributed by atoms with Crippen LogP contribution in [-0.2, 0) is 0 Å². The van der Waals surface area contributed by atoms with Crippen molar-refractivity contribution < 1.29 is 9.47 Å². The maximum atomic E-state index is 5.17. The molecule has 0 aromatic carbocycles. The van der Waals surface area contributed by atoms with Crippen molar-refractivity contribution in [2.24, 2.45) is 5.92 Å². The normalized spacial score (nSPS) is 23.5. The van der Waals surface area contributed by atoms with Crippen molar-refractivity contribution in [3.05, 3.63) is 6.20 Å². The summed E-state index contributed by atoms with van der Waals surface area (Å²) in [5.74, 6) is 2.49. The summed E-state index contributed by atoms with van der Waals surface area (Å²) < 4.78 is 10.3. The quantitative estimate of drug-likeness (QED) is 0.891. The van der Waals surface area contributed by atoms with Crippen molar-refractivity contribution in [2.75, 3.05) is 19.5 Å². The van der Waals surface area contributed by atoms with Gasteiger partial charge in [0.25, 0.3) is 5.88 Å². The molecule has 5 heteroatoms. The number of ether oxygens (including phenoxy) is 2. The first kappa shape index (κ1) is 12.9. The number of hydrogen-bond acceptors (Lipinski definition) is 5. The molecule has 1 aliphatic rings. The van der Waals surface area contributed by atoms with Crippen molar-refractivity contribution in [3.63, 3.8) is 0 Å². The lowest BCUT2D eigenvalue weighted by atomic mass is 9.87. The van der Waals surface area contributed by atoms with Crippen LogP contribution in [0.5, 0.6) is 11.6 Å². The van der Waals surface area contributed by atoms with Crippen LogP contribution in [0.3, 0.4) is 0 Å². The summed E-state index contributed by atoms with van der Waals surface area (Å²) >= 11 is 0. The summed E-state index contributed by atoms with van der Waals surface area (Å²) in [5, 5.41) is 3.37. The number of hydrogen-bond donors (Lipinski definition) is 1. The highest BCUT2D eigenvalue weighted by Gasteiger charge is 2.19. The van der Waals surface area contributed by atoms with Crippen molar-refractivity contribution in [1.29, 1.82) is 0 Å². The fraction of sp³-hybridized carbons (Fsp3) is 0.692. The van der Waals surface area contributed by atoms with E-state index in [1.807, 2.05) is 0 Å². The smallest absolute Gasteiger partial charge is 0.261 e. The van der Waals surface area contributed by atoms with Crippen LogP contribution in [0.1, 0.15) is 32.6 Å². The maximum absolute atomic E-state index is 5.17. The Morgan fingerprint density at radius 2 is 1.89 bits per heavy atom. The van der Waals surface area contributed by atoms with Gasteiger partial charge in [0.15, 0.2) is 5.75 Å². The average Bonchev–Trinajstić information content (AvgIpc) is 2.41. The Hall–Kier alpha value is -1.52. The number of aromatic nitrogens is 2. The molecule has 1 aromatic heterocycles. The third-order valence-electron chi connectivity index (χ3n) is 3.48. The third kappa shape index (κ3) is 3.03. The molecule has 0 radical (unpaired) electrons. The molecular weight excluding hydrogens is 230 g/mol. The topological polar surface area (TPSA) is 56.3 Å². The van der Waals surface area contributed by atoms with Crippen LogP contribution < -0.4 is 14.8 Å². The monoisotopic (exact) mass is 251 g/mol. The summed E-state index contributed by atoms with van der Waals surface area (Å²) in [6.07, 6.45) is 6.53. The minimum absolute atomic E-state index is 0.471. The van der Waals surface area contributed by atoms with Crippen molar-refractivity contribution in [1.82, 2.24) is 9.97 Å². The van der Waals surface area contributed by atoms with Crippen LogP contribution in [0.2, 0.25) is 0 Å². The largest absolute Gasteiger partial charge is 0.490 e. The second kappa shape index (κ2) is 5.89. The lowest BCUT2D eigenvalue weighted by molar-refractivity contribution is 0.339. The van der Waals surface area contributed by atoms with E-state index in [0.717, 1.165) is 5.92 Å². The fourth-order valence-corrected chi connectivity index (χ4v) is 2.30. The van der Waals surface area contributed by atoms with Gasteiger partial charge >= 0.3 is 0 Å². The van der Waals surface area contributed by atoms with E-state index in [2.05, 4.69) is 22.2 Å². The summed E-state index contributed by atoms with van der Waals surface area (Å²) in [6.45, 7) is 2.31. The van der Waals surface area contributed by atoms with Gasteiger partial charge in [0.1, 0.15) is 0 Å². The molecule has 1 aromatic rings. The first-order chi connectivity index (χ1) is 8.72. The zero-order valence-electron chi connectivity index (χ0n) is 11.3. The van der Waals surface area contributed by atoms with Gasteiger partial charge in [-0.25, -0.2) is 4.98 Å². The van der Waals surface area contributed by atoms with Crippen LogP contribution in [0.4, 0.5) is 5.95 Å². The van der Waals surface area contributed by atoms with Gasteiger partial charge in [0.05, 0.1) is 20.4 Å². The molecule has 2 rings (SSSR count). The van der Waals surface area contributed by atoms with E-state index in [9.17, 15) is 0 Å². The molecule has 0 amide bonds. The van der Waals surface area contributed by atoms with Crippen LogP contribution in [-0.4, -0.2) is 30.2 Å². The molecule has 0 spiro atoms. The molecule has 100 valence electrons. The van der Waals surface area contributed by atoms with E-state index in [1.54, 1.807) is 20.4 Å². The molecule has 0 aliphatic heterocycles. The van der Waals surface area contributed by atoms with Gasteiger partial charge in [-0.1, -0.05) is 6.92 Å². The van der Waals surface area contributed by atoms with Crippen LogP contribution in [0.15, 0.2) is 6.20 Å². The van der Waals surface area contributed by atoms with E-state index in [-0.39, 0.29) is 0 Å². The molecule has 0 bridgehead atoms. The molecule has 0 saturated heterocycles. The Bertz CT molecular complexity index is 390. The van der Waals surface area contributed by atoms with Crippen molar-refractivity contribution in [3.8, 4) is 11.6 Å². The molecule has 18 heavy (non-hydrogen) atoms. The van der Waals surface area contributed by atoms with E-state index >= 15 is 0 Å². The summed E-state index contributed by atoms with van der Waals surface area (Å²) in [4.78, 5) is 8.55. The Morgan fingerprint density at radius 3 is 2.50 bits per heavy atom. The Morgan fingerprint density at radius 1 is 1.17 bits per heavy atom. The fourth-order valence-electron chi connectivity index (χ4n) is 2.30. The predicted molar refractivity (Wildman–Crippen MR) is 70.2 cm³/mol. The van der Waals surface area contributed by atoms with Crippen LogP contribution in [0, 0.1) is 5.92 Å². The average molecular weight is 251 g/mol. The molecular formula is C13H21N3O2. The van der Waals surface area contributed by atoms with Gasteiger partial charge in [-0.3, -0.25) is 0 Å². The van der Waals surface area contributed by atoms with Gasteiger partial charge in [-0.2, -0.15) is 4.98 Å². The van der Waals surface area contributed by atoms with E-state index in [0.29, 0.717) is 23.6 Å². The van der Waals surface area contributed by atoms with E-state index in [1.165, 1.54) is 25.7 Å². The number of rotatable bonds is 4. The number of methoxy groups -OCH3 is 2. The van der Waals surface area contributed by atoms with Gasteiger partial charge in [-0.15, -0.1) is 0 Å². The number of nitrogens with one attached hydrogen (secondary N) is 1. The lowest BCUT2D eigenvalue weighted by Gasteiger charge is -2.26. The summed E-state index contributed by atoms with van der Waals surface area (Å²) in [6, 6.07) is 0.472. The molecule has 1 aliphatic carbocycles. The van der Waals surface area contributed by atoms with E-state index in [4.69, 9.17) is 9.47 Å². The SMILES string of the molecule is COc1cnc(NC2CCC(C)CC2)nc1OC. The van der Waals surface area contributed by atoms with Gasteiger partial charge in [0.2, 0.25) is 5.95 Å². The maximum Gasteiger partial charge on any atom is 0.261 e. The lowest BCUT2D eigenvalue weighted by Crippen LogP contribution is -2.26. The van der Waals surface area contributed by atoms with Crippen LogP contribution in [0.25, 0.3) is 0 Å². The first-order valence-electron chi connectivity index (χ1n) is 6.44. The zero-order chi connectivity index (χ0) is 13.0. The van der Waals surface area contributed by atoms with Crippen molar-refractivity contribution >= 4 is 5.95 Å². The highest BCUT2D eigenvalue weighted by molar-refractivity contribution is 5.38. The van der Waals surface area contributed by atoms with Gasteiger partial charge < -0.3 is 14.8 Å².